The second kappa shape index (κ2) is 7.73. The quantitative estimate of drug-likeness (QED) is 0.720. The van der Waals surface area contributed by atoms with Gasteiger partial charge in [0, 0.05) is 25.5 Å². The van der Waals surface area contributed by atoms with Gasteiger partial charge in [-0.3, -0.25) is 19.1 Å². The van der Waals surface area contributed by atoms with Crippen molar-refractivity contribution < 1.29 is 9.18 Å². The van der Waals surface area contributed by atoms with E-state index in [9.17, 15) is 18.8 Å². The van der Waals surface area contributed by atoms with E-state index in [1.54, 1.807) is 31.5 Å². The van der Waals surface area contributed by atoms with Gasteiger partial charge in [-0.1, -0.05) is 12.1 Å². The summed E-state index contributed by atoms with van der Waals surface area (Å²) in [6.45, 7) is 1.74. The fraction of sp³-hybridized carbons (Fsp3) is 0.167. The van der Waals surface area contributed by atoms with Crippen LogP contribution >= 0.6 is 0 Å². The molecule has 1 aromatic carbocycles. The van der Waals surface area contributed by atoms with Crippen LogP contribution in [0, 0.1) is 5.82 Å². The van der Waals surface area contributed by atoms with Gasteiger partial charge in [0.15, 0.2) is 0 Å². The van der Waals surface area contributed by atoms with Crippen molar-refractivity contribution in [3.05, 3.63) is 86.7 Å². The van der Waals surface area contributed by atoms with Gasteiger partial charge in [-0.05, 0) is 36.8 Å². The van der Waals surface area contributed by atoms with Gasteiger partial charge in [-0.2, -0.15) is 9.78 Å². The van der Waals surface area contributed by atoms with Crippen molar-refractivity contribution in [2.24, 2.45) is 0 Å². The predicted molar refractivity (Wildman–Crippen MR) is 95.1 cm³/mol. The number of carbonyl (C=O) groups excluding carboxylic acids is 1. The number of rotatable bonds is 5. The fourth-order valence-electron chi connectivity index (χ4n) is 2.48. The van der Waals surface area contributed by atoms with Gasteiger partial charge in [-0.25, -0.2) is 9.18 Å². The van der Waals surface area contributed by atoms with Gasteiger partial charge in [0.05, 0.1) is 0 Å². The lowest BCUT2D eigenvalue weighted by Gasteiger charge is -2.11. The topological polar surface area (TPSA) is 98.9 Å². The molecule has 9 heteroatoms. The number of nitrogens with one attached hydrogen (secondary N) is 1. The van der Waals surface area contributed by atoms with Crippen LogP contribution in [0.1, 0.15) is 23.0 Å². The van der Waals surface area contributed by atoms with E-state index in [1.807, 2.05) is 0 Å². The van der Waals surface area contributed by atoms with Crippen LogP contribution in [0.5, 0.6) is 0 Å². The van der Waals surface area contributed by atoms with Crippen LogP contribution in [0.15, 0.2) is 58.4 Å². The van der Waals surface area contributed by atoms with E-state index < -0.39 is 28.7 Å². The molecule has 0 aliphatic rings. The van der Waals surface area contributed by atoms with E-state index in [4.69, 9.17) is 0 Å². The molecule has 0 saturated heterocycles. The Bertz CT molecular complexity index is 1090. The third-order valence-corrected chi connectivity index (χ3v) is 3.87. The third-order valence-electron chi connectivity index (χ3n) is 3.87. The summed E-state index contributed by atoms with van der Waals surface area (Å²) in [5.41, 5.74) is -1.51. The van der Waals surface area contributed by atoms with Crippen molar-refractivity contribution in [3.8, 4) is 5.69 Å². The van der Waals surface area contributed by atoms with Gasteiger partial charge in [0.1, 0.15) is 11.5 Å². The number of aromatic nitrogens is 4. The number of pyridine rings is 1. The number of hydrogen-bond donors (Lipinski definition) is 1. The minimum Gasteiger partial charge on any atom is -0.346 e. The lowest BCUT2D eigenvalue weighted by Crippen LogP contribution is -2.45. The van der Waals surface area contributed by atoms with Crippen LogP contribution in [0.4, 0.5) is 4.39 Å². The molecule has 2 aromatic heterocycles. The number of nitrogens with zero attached hydrogens (tertiary/aromatic N) is 4. The lowest BCUT2D eigenvalue weighted by molar-refractivity contribution is 0.0941. The second-order valence-corrected chi connectivity index (χ2v) is 5.58. The molecule has 0 spiro atoms. The molecule has 0 bridgehead atoms. The highest BCUT2D eigenvalue weighted by Gasteiger charge is 2.20. The molecule has 0 unspecified atom stereocenters. The number of amides is 1. The SMILES string of the molecule is CCn1c(=O)c(C(=O)NCc2ccncc2)nn(-c2ccccc2F)c1=O. The molecule has 0 radical (unpaired) electrons. The fourth-order valence-corrected chi connectivity index (χ4v) is 2.48. The number of halogens is 1. The highest BCUT2D eigenvalue weighted by Crippen LogP contribution is 2.08. The summed E-state index contributed by atoms with van der Waals surface area (Å²) in [7, 11) is 0. The summed E-state index contributed by atoms with van der Waals surface area (Å²) in [5, 5.41) is 6.40. The zero-order valence-corrected chi connectivity index (χ0v) is 14.4. The molecule has 1 N–H and O–H groups in total. The zero-order chi connectivity index (χ0) is 19.4. The van der Waals surface area contributed by atoms with Crippen molar-refractivity contribution in [1.82, 2.24) is 24.6 Å². The summed E-state index contributed by atoms with van der Waals surface area (Å²) in [6.07, 6.45) is 3.14. The van der Waals surface area contributed by atoms with Crippen molar-refractivity contribution in [1.29, 1.82) is 0 Å². The molecule has 3 rings (SSSR count). The highest BCUT2D eigenvalue weighted by atomic mass is 19.1. The smallest absolute Gasteiger partial charge is 0.346 e. The van der Waals surface area contributed by atoms with E-state index in [0.717, 1.165) is 20.9 Å². The molecule has 27 heavy (non-hydrogen) atoms. The van der Waals surface area contributed by atoms with Crippen LogP contribution in [0.2, 0.25) is 0 Å². The maximum atomic E-state index is 14.1. The van der Waals surface area contributed by atoms with Crippen LogP contribution in [-0.2, 0) is 13.1 Å². The second-order valence-electron chi connectivity index (χ2n) is 5.58. The Balaban J connectivity index is 2.04. The van der Waals surface area contributed by atoms with Gasteiger partial charge in [-0.15, -0.1) is 0 Å². The van der Waals surface area contributed by atoms with Crippen LogP contribution in [0.3, 0.4) is 0 Å². The Morgan fingerprint density at radius 3 is 2.52 bits per heavy atom. The van der Waals surface area contributed by atoms with Crippen LogP contribution < -0.4 is 16.6 Å². The molecule has 0 atom stereocenters. The number of para-hydroxylation sites is 1. The summed E-state index contributed by atoms with van der Waals surface area (Å²) >= 11 is 0. The average Bonchev–Trinajstić information content (AvgIpc) is 2.68. The van der Waals surface area contributed by atoms with Gasteiger partial charge < -0.3 is 5.32 Å². The standard InChI is InChI=1S/C18H16FN5O3/c1-2-23-17(26)15(16(25)21-11-12-7-9-20-10-8-12)22-24(18(23)27)14-6-4-3-5-13(14)19/h3-10H,2,11H2,1H3,(H,21,25). The summed E-state index contributed by atoms with van der Waals surface area (Å²) in [5.74, 6) is -1.46. The Labute approximate surface area is 152 Å². The monoisotopic (exact) mass is 369 g/mol. The van der Waals surface area contributed by atoms with Gasteiger partial charge in [0.2, 0.25) is 5.69 Å². The number of benzene rings is 1. The summed E-state index contributed by atoms with van der Waals surface area (Å²) in [6, 6.07) is 8.90. The van der Waals surface area contributed by atoms with Crippen LogP contribution in [0.25, 0.3) is 5.69 Å². The summed E-state index contributed by atoms with van der Waals surface area (Å²) in [4.78, 5) is 41.3. The Morgan fingerprint density at radius 2 is 1.85 bits per heavy atom. The van der Waals surface area contributed by atoms with E-state index in [0.29, 0.717) is 0 Å². The normalized spacial score (nSPS) is 10.6. The van der Waals surface area contributed by atoms with Crippen LogP contribution in [-0.4, -0.2) is 25.2 Å². The highest BCUT2D eigenvalue weighted by molar-refractivity contribution is 5.91. The van der Waals surface area contributed by atoms with Crippen molar-refractivity contribution in [2.45, 2.75) is 20.0 Å². The lowest BCUT2D eigenvalue weighted by atomic mass is 10.2. The van der Waals surface area contributed by atoms with Crippen molar-refractivity contribution in [2.75, 3.05) is 0 Å². The Hall–Kier alpha value is -3.62. The van der Waals surface area contributed by atoms with E-state index in [2.05, 4.69) is 15.4 Å². The molecule has 1 amide bonds. The molecule has 0 fully saturated rings. The Morgan fingerprint density at radius 1 is 1.15 bits per heavy atom. The zero-order valence-electron chi connectivity index (χ0n) is 14.4. The number of hydrogen-bond acceptors (Lipinski definition) is 5. The minimum atomic E-state index is -0.831. The van der Waals surface area contributed by atoms with Gasteiger partial charge >= 0.3 is 5.69 Å². The molecule has 0 aliphatic heterocycles. The molecular weight excluding hydrogens is 353 g/mol. The number of carbonyl (C=O) groups is 1. The largest absolute Gasteiger partial charge is 0.352 e. The molecule has 3 aromatic rings. The van der Waals surface area contributed by atoms with Crippen molar-refractivity contribution in [3.63, 3.8) is 0 Å². The first kappa shape index (κ1) is 18.2. The van der Waals surface area contributed by atoms with E-state index in [-0.39, 0.29) is 18.8 Å². The van der Waals surface area contributed by atoms with E-state index in [1.165, 1.54) is 18.2 Å². The third kappa shape index (κ3) is 3.66. The molecule has 2 heterocycles. The average molecular weight is 369 g/mol. The molecule has 0 aliphatic carbocycles. The first-order valence-electron chi connectivity index (χ1n) is 8.19. The minimum absolute atomic E-state index is 0.0132. The van der Waals surface area contributed by atoms with Gasteiger partial charge in [0.25, 0.3) is 11.5 Å². The summed E-state index contributed by atoms with van der Waals surface area (Å²) < 4.78 is 15.7. The first-order chi connectivity index (χ1) is 13.0. The van der Waals surface area contributed by atoms with Crippen molar-refractivity contribution >= 4 is 5.91 Å². The molecule has 0 saturated carbocycles. The first-order valence-corrected chi connectivity index (χ1v) is 8.19. The molecule has 138 valence electrons. The molecule has 8 nitrogen and oxygen atoms in total. The predicted octanol–water partition coefficient (Wildman–Crippen LogP) is 0.878. The molecular formula is C18H16FN5O3. The maximum Gasteiger partial charge on any atom is 0.352 e. The van der Waals surface area contributed by atoms with E-state index >= 15 is 0 Å². The Kier molecular flexibility index (Phi) is 5.20. The maximum absolute atomic E-state index is 14.1.